The van der Waals surface area contributed by atoms with Crippen LogP contribution in [0.25, 0.3) is 94.9 Å². The molecular formula is C45H26N4O2. The summed E-state index contributed by atoms with van der Waals surface area (Å²) in [5.74, 6) is 1.14. The van der Waals surface area contributed by atoms with Gasteiger partial charge in [-0.3, -0.25) is 0 Å². The lowest BCUT2D eigenvalue weighted by molar-refractivity contribution is 0.619. The Labute approximate surface area is 292 Å². The van der Waals surface area contributed by atoms with E-state index < -0.39 is 0 Å². The average Bonchev–Trinajstić information content (AvgIpc) is 3.92. The summed E-state index contributed by atoms with van der Waals surface area (Å²) in [6, 6.07) is 55.5. The van der Waals surface area contributed by atoms with Gasteiger partial charge in [-0.05, 0) is 113 Å². The Balaban J connectivity index is 1.23. The van der Waals surface area contributed by atoms with Gasteiger partial charge in [0.05, 0.1) is 22.7 Å². The Morgan fingerprint density at radius 2 is 0.941 bits per heavy atom. The molecule has 6 nitrogen and oxygen atoms in total. The van der Waals surface area contributed by atoms with Crippen LogP contribution in [0, 0.1) is 11.3 Å². The topological polar surface area (TPSA) is 80.8 Å². The fourth-order valence-electron chi connectivity index (χ4n) is 7.00. The first-order chi connectivity index (χ1) is 25.2. The molecule has 0 amide bonds. The molecule has 0 spiro atoms. The summed E-state index contributed by atoms with van der Waals surface area (Å²) >= 11 is 0. The standard InChI is InChI=1S/C45H26N4O2/c46-27-28-14-16-30(17-15-28)34-22-33(29-8-2-1-3-9-29)23-35(24-34)49-40-20-18-31(44-47-38-10-4-6-12-42(38)50-44)25-36(40)37-26-32(19-21-41(37)49)45-48-39-11-5-7-13-43(39)51-45/h1-26H. The summed E-state index contributed by atoms with van der Waals surface area (Å²) in [6.07, 6.45) is 0. The Morgan fingerprint density at radius 1 is 0.451 bits per heavy atom. The predicted molar refractivity (Wildman–Crippen MR) is 202 cm³/mol. The Hall–Kier alpha value is -7.23. The molecule has 3 aromatic heterocycles. The number of nitriles is 1. The van der Waals surface area contributed by atoms with Crippen LogP contribution in [0.5, 0.6) is 0 Å². The van der Waals surface area contributed by atoms with E-state index in [-0.39, 0.29) is 0 Å². The van der Waals surface area contributed by atoms with E-state index in [0.29, 0.717) is 17.3 Å². The number of aromatic nitrogens is 3. The lowest BCUT2D eigenvalue weighted by Crippen LogP contribution is -1.96. The largest absolute Gasteiger partial charge is 0.436 e. The van der Waals surface area contributed by atoms with Crippen LogP contribution in [-0.4, -0.2) is 14.5 Å². The summed E-state index contributed by atoms with van der Waals surface area (Å²) in [5.41, 5.74) is 12.9. The number of hydrogen-bond donors (Lipinski definition) is 0. The normalized spacial score (nSPS) is 11.5. The van der Waals surface area contributed by atoms with Gasteiger partial charge in [0.25, 0.3) is 0 Å². The molecule has 0 saturated carbocycles. The van der Waals surface area contributed by atoms with Crippen molar-refractivity contribution in [3.05, 3.63) is 163 Å². The molecule has 7 aromatic carbocycles. The van der Waals surface area contributed by atoms with Crippen LogP contribution in [0.1, 0.15) is 5.56 Å². The van der Waals surface area contributed by atoms with Gasteiger partial charge in [0.1, 0.15) is 11.0 Å². The van der Waals surface area contributed by atoms with Gasteiger partial charge in [0, 0.05) is 27.6 Å². The SMILES string of the molecule is N#Cc1ccc(-c2cc(-c3ccccc3)cc(-n3c4ccc(-c5nc6ccccc6o5)cc4c4cc(-c5nc6ccccc6o5)ccc43)c2)cc1. The molecule has 6 heteroatoms. The number of oxazole rings is 2. The quantitative estimate of drug-likeness (QED) is 0.184. The first-order valence-electron chi connectivity index (χ1n) is 16.7. The van der Waals surface area contributed by atoms with Crippen LogP contribution in [-0.2, 0) is 0 Å². The van der Waals surface area contributed by atoms with E-state index in [1.165, 1.54) is 0 Å². The minimum absolute atomic E-state index is 0.572. The van der Waals surface area contributed by atoms with E-state index in [1.54, 1.807) is 0 Å². The zero-order valence-corrected chi connectivity index (χ0v) is 27.1. The van der Waals surface area contributed by atoms with Gasteiger partial charge in [-0.1, -0.05) is 66.7 Å². The molecule has 0 radical (unpaired) electrons. The average molecular weight is 655 g/mol. The van der Waals surface area contributed by atoms with Crippen LogP contribution in [0.2, 0.25) is 0 Å². The molecule has 0 bridgehead atoms. The van der Waals surface area contributed by atoms with Gasteiger partial charge in [-0.25, -0.2) is 9.97 Å². The van der Waals surface area contributed by atoms with Crippen molar-refractivity contribution in [2.24, 2.45) is 0 Å². The second kappa shape index (κ2) is 11.4. The first kappa shape index (κ1) is 28.8. The number of hydrogen-bond acceptors (Lipinski definition) is 5. The van der Waals surface area contributed by atoms with Crippen molar-refractivity contribution in [3.8, 4) is 56.9 Å². The molecule has 3 heterocycles. The molecule has 0 fully saturated rings. The lowest BCUT2D eigenvalue weighted by atomic mass is 9.97. The molecule has 0 unspecified atom stereocenters. The van der Waals surface area contributed by atoms with Crippen molar-refractivity contribution in [3.63, 3.8) is 0 Å². The summed E-state index contributed by atoms with van der Waals surface area (Å²) in [5, 5.41) is 11.5. The molecule has 0 N–H and O–H groups in total. The Morgan fingerprint density at radius 3 is 1.47 bits per heavy atom. The van der Waals surface area contributed by atoms with E-state index in [9.17, 15) is 5.26 Å². The maximum Gasteiger partial charge on any atom is 0.227 e. The van der Waals surface area contributed by atoms with Crippen molar-refractivity contribution in [1.29, 1.82) is 5.26 Å². The molecule has 238 valence electrons. The van der Waals surface area contributed by atoms with Gasteiger partial charge >= 0.3 is 0 Å². The number of rotatable bonds is 5. The molecule has 51 heavy (non-hydrogen) atoms. The lowest BCUT2D eigenvalue weighted by Gasteiger charge is -2.14. The Kier molecular flexibility index (Phi) is 6.45. The third-order valence-electron chi connectivity index (χ3n) is 9.48. The highest BCUT2D eigenvalue weighted by Crippen LogP contribution is 2.40. The number of nitrogens with zero attached hydrogens (tertiary/aromatic N) is 4. The number of benzene rings is 7. The molecule has 0 aliphatic carbocycles. The summed E-state index contributed by atoms with van der Waals surface area (Å²) in [6.45, 7) is 0. The van der Waals surface area contributed by atoms with Gasteiger partial charge < -0.3 is 13.4 Å². The zero-order valence-electron chi connectivity index (χ0n) is 27.1. The van der Waals surface area contributed by atoms with Gasteiger partial charge in [0.15, 0.2) is 11.2 Å². The predicted octanol–water partition coefficient (Wildman–Crippen LogP) is 11.6. The van der Waals surface area contributed by atoms with Crippen LogP contribution in [0.3, 0.4) is 0 Å². The summed E-state index contributed by atoms with van der Waals surface area (Å²) < 4.78 is 14.7. The fourth-order valence-corrected chi connectivity index (χ4v) is 7.00. The number of fused-ring (bicyclic) bond motifs is 5. The molecule has 10 rings (SSSR count). The number of para-hydroxylation sites is 4. The highest BCUT2D eigenvalue weighted by atomic mass is 16.4. The van der Waals surface area contributed by atoms with Crippen molar-refractivity contribution in [2.45, 2.75) is 0 Å². The molecule has 0 aliphatic rings. The maximum absolute atomic E-state index is 9.45. The van der Waals surface area contributed by atoms with Crippen LogP contribution < -0.4 is 0 Å². The van der Waals surface area contributed by atoms with Gasteiger partial charge in [-0.2, -0.15) is 5.26 Å². The third-order valence-corrected chi connectivity index (χ3v) is 9.48. The summed E-state index contributed by atoms with van der Waals surface area (Å²) in [4.78, 5) is 9.62. The van der Waals surface area contributed by atoms with Crippen LogP contribution in [0.15, 0.2) is 167 Å². The van der Waals surface area contributed by atoms with Crippen LogP contribution >= 0.6 is 0 Å². The van der Waals surface area contributed by atoms with Gasteiger partial charge in [-0.15, -0.1) is 0 Å². The van der Waals surface area contributed by atoms with Crippen molar-refractivity contribution in [2.75, 3.05) is 0 Å². The Bertz CT molecular complexity index is 2780. The van der Waals surface area contributed by atoms with Crippen molar-refractivity contribution < 1.29 is 8.83 Å². The van der Waals surface area contributed by atoms with E-state index in [4.69, 9.17) is 18.8 Å². The smallest absolute Gasteiger partial charge is 0.227 e. The maximum atomic E-state index is 9.45. The highest BCUT2D eigenvalue weighted by Gasteiger charge is 2.19. The van der Waals surface area contributed by atoms with Crippen LogP contribution in [0.4, 0.5) is 0 Å². The molecule has 0 saturated heterocycles. The fraction of sp³-hybridized carbons (Fsp3) is 0. The van der Waals surface area contributed by atoms with E-state index in [1.807, 2.05) is 78.9 Å². The first-order valence-corrected chi connectivity index (χ1v) is 16.7. The molecule has 10 aromatic rings. The van der Waals surface area contributed by atoms with Crippen molar-refractivity contribution >= 4 is 44.0 Å². The van der Waals surface area contributed by atoms with E-state index >= 15 is 0 Å². The minimum atomic E-state index is 0.572. The third kappa shape index (κ3) is 4.87. The molecule has 0 aliphatic heterocycles. The van der Waals surface area contributed by atoms with Gasteiger partial charge in [0.2, 0.25) is 11.8 Å². The van der Waals surface area contributed by atoms with E-state index in [0.717, 1.165) is 83.1 Å². The molecule has 0 atom stereocenters. The molecular weight excluding hydrogens is 629 g/mol. The second-order valence-corrected chi connectivity index (χ2v) is 12.6. The van der Waals surface area contributed by atoms with Crippen molar-refractivity contribution in [1.82, 2.24) is 14.5 Å². The highest BCUT2D eigenvalue weighted by molar-refractivity contribution is 6.11. The monoisotopic (exact) mass is 654 g/mol. The second-order valence-electron chi connectivity index (χ2n) is 12.6. The summed E-state index contributed by atoms with van der Waals surface area (Å²) in [7, 11) is 0. The van der Waals surface area contributed by atoms with E-state index in [2.05, 4.69) is 89.5 Å². The minimum Gasteiger partial charge on any atom is -0.436 e. The zero-order chi connectivity index (χ0) is 33.9.